The summed E-state index contributed by atoms with van der Waals surface area (Å²) < 4.78 is 6.25. The van der Waals surface area contributed by atoms with Crippen LogP contribution >= 0.6 is 0 Å². The van der Waals surface area contributed by atoms with Crippen molar-refractivity contribution in [2.75, 3.05) is 0 Å². The summed E-state index contributed by atoms with van der Waals surface area (Å²) in [6.07, 6.45) is 4.88. The van der Waals surface area contributed by atoms with Crippen LogP contribution in [0.25, 0.3) is 0 Å². The molecule has 2 aromatic carbocycles. The number of allylic oxidation sites excluding steroid dienone is 2. The molecule has 1 saturated heterocycles. The second kappa shape index (κ2) is 7.37. The van der Waals surface area contributed by atoms with E-state index in [1.165, 1.54) is 4.90 Å². The Hall–Kier alpha value is -2.88. The molecule has 5 rings (SSSR count). The van der Waals surface area contributed by atoms with Crippen molar-refractivity contribution in [3.05, 3.63) is 83.9 Å². The van der Waals surface area contributed by atoms with E-state index >= 15 is 0 Å². The summed E-state index contributed by atoms with van der Waals surface area (Å²) >= 11 is 0. The molecule has 0 radical (unpaired) electrons. The van der Waals surface area contributed by atoms with E-state index in [1.807, 2.05) is 60.7 Å². The van der Waals surface area contributed by atoms with Crippen molar-refractivity contribution in [3.8, 4) is 0 Å². The van der Waals surface area contributed by atoms with Crippen LogP contribution in [0.5, 0.6) is 0 Å². The molecular weight excluding hydrogens is 386 g/mol. The van der Waals surface area contributed by atoms with Gasteiger partial charge in [-0.2, -0.15) is 0 Å². The average Bonchev–Trinajstić information content (AvgIpc) is 3.46. The Kier molecular flexibility index (Phi) is 4.76. The molecule has 2 bridgehead atoms. The van der Waals surface area contributed by atoms with Crippen molar-refractivity contribution in [1.82, 2.24) is 4.90 Å². The fourth-order valence-electron chi connectivity index (χ4n) is 6.17. The first-order chi connectivity index (χ1) is 14.9. The molecule has 5 atom stereocenters. The zero-order chi connectivity index (χ0) is 21.8. The van der Waals surface area contributed by atoms with E-state index in [9.17, 15) is 9.59 Å². The van der Waals surface area contributed by atoms with Gasteiger partial charge in [-0.3, -0.25) is 4.79 Å². The van der Waals surface area contributed by atoms with Gasteiger partial charge in [-0.25, -0.2) is 9.69 Å². The molecule has 1 aliphatic heterocycles. The second-order valence-electron chi connectivity index (χ2n) is 9.57. The quantitative estimate of drug-likeness (QED) is 0.629. The maximum atomic E-state index is 13.9. The number of fused-ring (bicyclic) bond motifs is 2. The van der Waals surface area contributed by atoms with Crippen molar-refractivity contribution >= 4 is 12.0 Å². The fraction of sp³-hybridized carbons (Fsp3) is 0.407. The van der Waals surface area contributed by atoms with Gasteiger partial charge in [0.05, 0.1) is 6.04 Å². The average molecular weight is 416 g/mol. The first-order valence-corrected chi connectivity index (χ1v) is 11.3. The number of carbonyl (C=O) groups is 2. The second-order valence-corrected chi connectivity index (χ2v) is 9.57. The molecule has 2 fully saturated rings. The van der Waals surface area contributed by atoms with Crippen LogP contribution in [-0.4, -0.2) is 22.9 Å². The molecule has 1 saturated carbocycles. The lowest BCUT2D eigenvalue weighted by Gasteiger charge is -2.38. The summed E-state index contributed by atoms with van der Waals surface area (Å²) in [5.74, 6) is 0.666. The van der Waals surface area contributed by atoms with Crippen LogP contribution in [0.3, 0.4) is 0 Å². The highest BCUT2D eigenvalue weighted by molar-refractivity contribution is 5.96. The third-order valence-corrected chi connectivity index (χ3v) is 7.55. The largest absolute Gasteiger partial charge is 0.430 e. The van der Waals surface area contributed by atoms with Crippen LogP contribution in [-0.2, 0) is 15.1 Å². The van der Waals surface area contributed by atoms with E-state index in [2.05, 4.69) is 32.9 Å². The first-order valence-electron chi connectivity index (χ1n) is 11.3. The fourth-order valence-corrected chi connectivity index (χ4v) is 6.17. The molecular formula is C27H29NO3. The van der Waals surface area contributed by atoms with Crippen LogP contribution in [0, 0.1) is 29.6 Å². The van der Waals surface area contributed by atoms with Crippen LogP contribution in [0.2, 0.25) is 0 Å². The summed E-state index contributed by atoms with van der Waals surface area (Å²) in [4.78, 5) is 28.8. The lowest BCUT2D eigenvalue weighted by molar-refractivity contribution is -0.136. The van der Waals surface area contributed by atoms with Gasteiger partial charge in [0.1, 0.15) is 0 Å². The van der Waals surface area contributed by atoms with E-state index in [4.69, 9.17) is 4.74 Å². The number of hydrogen-bond acceptors (Lipinski definition) is 3. The highest BCUT2D eigenvalue weighted by atomic mass is 16.6. The van der Waals surface area contributed by atoms with E-state index in [1.54, 1.807) is 0 Å². The topological polar surface area (TPSA) is 46.6 Å². The number of nitrogens with zero attached hydrogens (tertiary/aromatic N) is 1. The van der Waals surface area contributed by atoms with Crippen LogP contribution < -0.4 is 0 Å². The Morgan fingerprint density at radius 2 is 1.52 bits per heavy atom. The molecule has 3 aliphatic rings. The summed E-state index contributed by atoms with van der Waals surface area (Å²) in [5.41, 5.74) is 0.758. The van der Waals surface area contributed by atoms with Crippen molar-refractivity contribution in [1.29, 1.82) is 0 Å². The third-order valence-electron chi connectivity index (χ3n) is 7.55. The summed E-state index contributed by atoms with van der Waals surface area (Å²) in [5, 5.41) is 0. The molecule has 0 aromatic heterocycles. The monoisotopic (exact) mass is 415 g/mol. The predicted molar refractivity (Wildman–Crippen MR) is 119 cm³/mol. The minimum Gasteiger partial charge on any atom is -0.430 e. The molecule has 4 heteroatoms. The molecule has 1 heterocycles. The maximum absolute atomic E-state index is 13.9. The zero-order valence-corrected chi connectivity index (χ0v) is 18.3. The predicted octanol–water partition coefficient (Wildman–Crippen LogP) is 5.39. The van der Waals surface area contributed by atoms with Crippen LogP contribution in [0.4, 0.5) is 4.79 Å². The molecule has 0 spiro atoms. The van der Waals surface area contributed by atoms with Crippen LogP contribution in [0.15, 0.2) is 72.8 Å². The highest BCUT2D eigenvalue weighted by Crippen LogP contribution is 2.52. The van der Waals surface area contributed by atoms with Gasteiger partial charge in [-0.1, -0.05) is 93.6 Å². The minimum absolute atomic E-state index is 0.0141. The van der Waals surface area contributed by atoms with Gasteiger partial charge in [0.15, 0.2) is 5.60 Å². The Morgan fingerprint density at radius 1 is 0.968 bits per heavy atom. The number of carbonyl (C=O) groups excluding carboxylic acids is 2. The summed E-state index contributed by atoms with van der Waals surface area (Å²) in [6.45, 7) is 6.28. The van der Waals surface area contributed by atoms with Crippen molar-refractivity contribution in [2.24, 2.45) is 29.6 Å². The van der Waals surface area contributed by atoms with Crippen LogP contribution in [0.1, 0.15) is 38.3 Å². The standard InChI is InChI=1S/C27H29NO3/c1-17(2)24-27(21-10-6-4-7-11-21,22-12-8-5-9-13-22)31-26(30)28(24)25(29)23-18(3)19-14-15-20(23)16-19/h4-15,17-20,23-24H,16H2,1-3H3/t18-,19+,20-,23+,24-/m0/s1. The normalized spacial score (nSPS) is 30.8. The van der Waals surface area contributed by atoms with Gasteiger partial charge in [0.2, 0.25) is 5.91 Å². The highest BCUT2D eigenvalue weighted by Gasteiger charge is 2.61. The number of ether oxygens (including phenoxy) is 1. The Morgan fingerprint density at radius 3 is 2.00 bits per heavy atom. The molecule has 0 N–H and O–H groups in total. The summed E-state index contributed by atoms with van der Waals surface area (Å²) in [6, 6.07) is 19.3. The number of hydrogen-bond donors (Lipinski definition) is 0. The van der Waals surface area contributed by atoms with Crippen molar-refractivity contribution in [3.63, 3.8) is 0 Å². The number of cyclic esters (lactones) is 1. The first kappa shape index (κ1) is 20.0. The lowest BCUT2D eigenvalue weighted by atomic mass is 9.75. The van der Waals surface area contributed by atoms with Gasteiger partial charge < -0.3 is 4.74 Å². The smallest absolute Gasteiger partial charge is 0.418 e. The molecule has 2 aromatic rings. The Bertz CT molecular complexity index is 974. The van der Waals surface area contributed by atoms with E-state index in [0.29, 0.717) is 5.92 Å². The zero-order valence-electron chi connectivity index (χ0n) is 18.3. The number of rotatable bonds is 4. The SMILES string of the molecule is CC(C)[C@@H]1N(C(=O)[C@@H]2[C@@H](C)[C@@H]3C=C[C@H]2C3)C(=O)OC1(c1ccccc1)c1ccccc1. The molecule has 2 aliphatic carbocycles. The molecule has 0 unspecified atom stereocenters. The number of imide groups is 1. The Balaban J connectivity index is 1.64. The van der Waals surface area contributed by atoms with Gasteiger partial charge in [-0.05, 0) is 30.1 Å². The number of amides is 2. The van der Waals surface area contributed by atoms with E-state index < -0.39 is 17.7 Å². The summed E-state index contributed by atoms with van der Waals surface area (Å²) in [7, 11) is 0. The van der Waals surface area contributed by atoms with Crippen molar-refractivity contribution in [2.45, 2.75) is 38.8 Å². The van der Waals surface area contributed by atoms with Gasteiger partial charge in [0.25, 0.3) is 0 Å². The lowest BCUT2D eigenvalue weighted by Crippen LogP contribution is -2.52. The molecule has 160 valence electrons. The third kappa shape index (κ3) is 2.88. The molecule has 2 amide bonds. The van der Waals surface area contributed by atoms with Gasteiger partial charge >= 0.3 is 6.09 Å². The maximum Gasteiger partial charge on any atom is 0.418 e. The van der Waals surface area contributed by atoms with Gasteiger partial charge in [0, 0.05) is 17.0 Å². The molecule has 31 heavy (non-hydrogen) atoms. The minimum atomic E-state index is -1.03. The van der Waals surface area contributed by atoms with Crippen molar-refractivity contribution < 1.29 is 14.3 Å². The number of benzene rings is 2. The van der Waals surface area contributed by atoms with Gasteiger partial charge in [-0.15, -0.1) is 0 Å². The Labute approximate surface area is 183 Å². The molecule has 4 nitrogen and oxygen atoms in total. The van der Waals surface area contributed by atoms with E-state index in [0.717, 1.165) is 17.5 Å². The van der Waals surface area contributed by atoms with E-state index in [-0.39, 0.29) is 29.6 Å².